The van der Waals surface area contributed by atoms with Crippen molar-refractivity contribution >= 4 is 29.9 Å². The van der Waals surface area contributed by atoms with Crippen molar-refractivity contribution in [3.8, 4) is 0 Å². The summed E-state index contributed by atoms with van der Waals surface area (Å²) in [6, 6.07) is 0.920. The van der Waals surface area contributed by atoms with E-state index in [0.29, 0.717) is 0 Å². The summed E-state index contributed by atoms with van der Waals surface area (Å²) in [5, 5.41) is 3.51. The molecule has 4 nitrogen and oxygen atoms in total. The molecule has 1 atom stereocenters. The number of hydrogen-bond acceptors (Lipinski definition) is 2. The first-order valence-electron chi connectivity index (χ1n) is 10.4. The van der Waals surface area contributed by atoms with Gasteiger partial charge in [-0.2, -0.15) is 0 Å². The molecule has 0 amide bonds. The predicted molar refractivity (Wildman–Crippen MR) is 118 cm³/mol. The maximum Gasteiger partial charge on any atom is 0.193 e. The van der Waals surface area contributed by atoms with Crippen LogP contribution in [0, 0.1) is 17.8 Å². The first-order valence-corrected chi connectivity index (χ1v) is 10.4. The van der Waals surface area contributed by atoms with Gasteiger partial charge in [-0.15, -0.1) is 24.0 Å². The van der Waals surface area contributed by atoms with E-state index in [2.05, 4.69) is 36.0 Å². The van der Waals surface area contributed by atoms with E-state index in [1.165, 1.54) is 58.0 Å². The van der Waals surface area contributed by atoms with Gasteiger partial charge in [0.2, 0.25) is 0 Å². The number of likely N-dealkylation sites (tertiary alicyclic amines) is 1. The maximum atomic E-state index is 4.99. The molecule has 2 saturated carbocycles. The molecule has 0 aromatic heterocycles. The third-order valence-corrected chi connectivity index (χ3v) is 6.24. The third-order valence-electron chi connectivity index (χ3n) is 6.24. The Balaban J connectivity index is 0.00000225. The lowest BCUT2D eigenvalue weighted by atomic mass is 9.83. The molecule has 0 aromatic carbocycles. The minimum atomic E-state index is 0. The molecule has 1 N–H and O–H groups in total. The van der Waals surface area contributed by atoms with Crippen molar-refractivity contribution in [3.05, 3.63) is 0 Å². The Morgan fingerprint density at radius 2 is 1.80 bits per heavy atom. The van der Waals surface area contributed by atoms with E-state index < -0.39 is 0 Å². The average Bonchev–Trinajstić information content (AvgIpc) is 3.32. The normalized spacial score (nSPS) is 30.8. The van der Waals surface area contributed by atoms with Crippen LogP contribution in [0.1, 0.15) is 58.8 Å². The molecule has 1 unspecified atom stereocenters. The van der Waals surface area contributed by atoms with Gasteiger partial charge in [0.05, 0.1) is 0 Å². The van der Waals surface area contributed by atoms with Gasteiger partial charge >= 0.3 is 0 Å². The lowest BCUT2D eigenvalue weighted by molar-refractivity contribution is 0.250. The third kappa shape index (κ3) is 6.56. The van der Waals surface area contributed by atoms with Crippen LogP contribution in [0.4, 0.5) is 0 Å². The fourth-order valence-corrected chi connectivity index (χ4v) is 4.45. The molecule has 3 fully saturated rings. The summed E-state index contributed by atoms with van der Waals surface area (Å²) < 4.78 is 0. The zero-order valence-corrected chi connectivity index (χ0v) is 18.9. The van der Waals surface area contributed by atoms with Crippen molar-refractivity contribution in [2.45, 2.75) is 64.8 Å². The second-order valence-corrected chi connectivity index (χ2v) is 8.58. The van der Waals surface area contributed by atoms with Crippen molar-refractivity contribution in [2.24, 2.45) is 22.7 Å². The first-order chi connectivity index (χ1) is 11.7. The minimum Gasteiger partial charge on any atom is -0.357 e. The van der Waals surface area contributed by atoms with Gasteiger partial charge in [0.25, 0.3) is 0 Å². The topological polar surface area (TPSA) is 30.9 Å². The highest BCUT2D eigenvalue weighted by atomic mass is 127. The summed E-state index contributed by atoms with van der Waals surface area (Å²) in [7, 11) is 2.23. The Kier molecular flexibility index (Phi) is 8.79. The monoisotopic (exact) mass is 462 g/mol. The molecule has 0 bridgehead atoms. The Bertz CT molecular complexity index is 416. The van der Waals surface area contributed by atoms with Crippen LogP contribution in [0.3, 0.4) is 0 Å². The van der Waals surface area contributed by atoms with E-state index in [4.69, 9.17) is 4.99 Å². The molecule has 5 heteroatoms. The van der Waals surface area contributed by atoms with E-state index in [1.54, 1.807) is 0 Å². The lowest BCUT2D eigenvalue weighted by Gasteiger charge is -2.31. The molecule has 2 aliphatic carbocycles. The van der Waals surface area contributed by atoms with Crippen LogP contribution >= 0.6 is 24.0 Å². The van der Waals surface area contributed by atoms with Gasteiger partial charge in [0.1, 0.15) is 0 Å². The standard InChI is InChI=1S/C20H38N4.HI/c1-4-21-20(23(3)14-17-7-5-16(2)6-8-17)22-13-18-11-12-24(15-18)19-9-10-19;/h16-19H,4-15H2,1-3H3,(H,21,22);1H. The van der Waals surface area contributed by atoms with Crippen LogP contribution in [0.2, 0.25) is 0 Å². The van der Waals surface area contributed by atoms with E-state index in [1.807, 2.05) is 0 Å². The quantitative estimate of drug-likeness (QED) is 0.370. The molecule has 3 aliphatic rings. The summed E-state index contributed by atoms with van der Waals surface area (Å²) in [6.07, 6.45) is 9.80. The zero-order chi connectivity index (χ0) is 16.9. The molecule has 0 radical (unpaired) electrons. The largest absolute Gasteiger partial charge is 0.357 e. The van der Waals surface area contributed by atoms with E-state index in [-0.39, 0.29) is 24.0 Å². The number of nitrogens with zero attached hydrogens (tertiary/aromatic N) is 3. The molecule has 3 rings (SSSR count). The summed E-state index contributed by atoms with van der Waals surface area (Å²) in [5.74, 6) is 3.68. The highest BCUT2D eigenvalue weighted by Gasteiger charge is 2.34. The van der Waals surface area contributed by atoms with Gasteiger partial charge in [0.15, 0.2) is 5.96 Å². The first kappa shape index (κ1) is 21.3. The van der Waals surface area contributed by atoms with Crippen LogP contribution < -0.4 is 5.32 Å². The van der Waals surface area contributed by atoms with Crippen LogP contribution in [0.25, 0.3) is 0 Å². The Hall–Kier alpha value is -0.0400. The molecular weight excluding hydrogens is 423 g/mol. The van der Waals surface area contributed by atoms with Gasteiger partial charge in [-0.1, -0.05) is 19.8 Å². The summed E-state index contributed by atoms with van der Waals surface area (Å²) in [6.45, 7) is 10.3. The van der Waals surface area contributed by atoms with Crippen molar-refractivity contribution in [1.29, 1.82) is 0 Å². The fraction of sp³-hybridized carbons (Fsp3) is 0.950. The van der Waals surface area contributed by atoms with Crippen molar-refractivity contribution in [3.63, 3.8) is 0 Å². The van der Waals surface area contributed by atoms with E-state index in [9.17, 15) is 0 Å². The molecular formula is C20H39IN4. The van der Waals surface area contributed by atoms with Gasteiger partial charge < -0.3 is 15.1 Å². The van der Waals surface area contributed by atoms with Gasteiger partial charge in [-0.25, -0.2) is 0 Å². The van der Waals surface area contributed by atoms with Crippen LogP contribution in [0.5, 0.6) is 0 Å². The van der Waals surface area contributed by atoms with Crippen LogP contribution in [0.15, 0.2) is 4.99 Å². The molecule has 1 aliphatic heterocycles. The number of nitrogens with one attached hydrogen (secondary N) is 1. The molecule has 0 spiro atoms. The predicted octanol–water partition coefficient (Wildman–Crippen LogP) is 3.81. The van der Waals surface area contributed by atoms with Crippen molar-refractivity contribution < 1.29 is 0 Å². The zero-order valence-electron chi connectivity index (χ0n) is 16.5. The number of guanidine groups is 1. The molecule has 1 saturated heterocycles. The number of hydrogen-bond donors (Lipinski definition) is 1. The summed E-state index contributed by atoms with van der Waals surface area (Å²) in [4.78, 5) is 10.1. The van der Waals surface area contributed by atoms with Gasteiger partial charge in [-0.05, 0) is 63.3 Å². The van der Waals surface area contributed by atoms with Crippen molar-refractivity contribution in [1.82, 2.24) is 15.1 Å². The molecule has 0 aromatic rings. The molecule has 1 heterocycles. The minimum absolute atomic E-state index is 0. The summed E-state index contributed by atoms with van der Waals surface area (Å²) >= 11 is 0. The Morgan fingerprint density at radius 3 is 2.44 bits per heavy atom. The highest BCUT2D eigenvalue weighted by Crippen LogP contribution is 2.32. The van der Waals surface area contributed by atoms with E-state index >= 15 is 0 Å². The Labute approximate surface area is 172 Å². The summed E-state index contributed by atoms with van der Waals surface area (Å²) in [5.41, 5.74) is 0. The smallest absolute Gasteiger partial charge is 0.193 e. The molecule has 146 valence electrons. The van der Waals surface area contributed by atoms with Crippen LogP contribution in [-0.4, -0.2) is 61.6 Å². The molecule has 25 heavy (non-hydrogen) atoms. The maximum absolute atomic E-state index is 4.99. The fourth-order valence-electron chi connectivity index (χ4n) is 4.45. The van der Waals surface area contributed by atoms with Gasteiger partial charge in [0, 0.05) is 39.3 Å². The number of rotatable bonds is 6. The number of halogens is 1. The number of aliphatic imine (C=N–C) groups is 1. The average molecular weight is 462 g/mol. The van der Waals surface area contributed by atoms with Crippen molar-refractivity contribution in [2.75, 3.05) is 39.8 Å². The second kappa shape index (κ2) is 10.3. The second-order valence-electron chi connectivity index (χ2n) is 8.58. The Morgan fingerprint density at radius 1 is 1.08 bits per heavy atom. The highest BCUT2D eigenvalue weighted by molar-refractivity contribution is 14.0. The van der Waals surface area contributed by atoms with E-state index in [0.717, 1.165) is 49.4 Å². The lowest BCUT2D eigenvalue weighted by Crippen LogP contribution is -2.42. The van der Waals surface area contributed by atoms with Crippen LogP contribution in [-0.2, 0) is 0 Å². The SMILES string of the molecule is CCNC(=NCC1CCN(C2CC2)C1)N(C)CC1CCC(C)CC1.I. The van der Waals surface area contributed by atoms with Gasteiger partial charge in [-0.3, -0.25) is 4.99 Å².